The first-order valence-electron chi connectivity index (χ1n) is 12.6. The van der Waals surface area contributed by atoms with Gasteiger partial charge in [0.15, 0.2) is 0 Å². The summed E-state index contributed by atoms with van der Waals surface area (Å²) in [5.74, 6) is 0. The van der Waals surface area contributed by atoms with Crippen LogP contribution < -0.4 is 0 Å². The maximum absolute atomic E-state index is 2.44. The number of rotatable bonds is 0. The second-order valence-corrected chi connectivity index (χ2v) is 10.1. The van der Waals surface area contributed by atoms with Gasteiger partial charge in [0, 0.05) is 0 Å². The van der Waals surface area contributed by atoms with Gasteiger partial charge in [-0.3, -0.25) is 0 Å². The van der Waals surface area contributed by atoms with Crippen molar-refractivity contribution in [3.63, 3.8) is 0 Å². The molecule has 0 aliphatic heterocycles. The predicted molar refractivity (Wildman–Crippen MR) is 158 cm³/mol. The van der Waals surface area contributed by atoms with Gasteiger partial charge >= 0.3 is 0 Å². The van der Waals surface area contributed by atoms with E-state index >= 15 is 0 Å². The highest BCUT2D eigenvalue weighted by molar-refractivity contribution is 6.47. The number of benzene rings is 9. The molecule has 0 unspecified atom stereocenters. The molecule has 0 amide bonds. The van der Waals surface area contributed by atoms with E-state index in [2.05, 4.69) is 121 Å². The Bertz CT molecular complexity index is 2330. The molecule has 0 fully saturated rings. The Morgan fingerprint density at radius 2 is 0.611 bits per heavy atom. The van der Waals surface area contributed by atoms with E-state index in [9.17, 15) is 0 Å². The zero-order chi connectivity index (χ0) is 23.4. The first-order chi connectivity index (χ1) is 17.9. The Morgan fingerprint density at radius 3 is 1.22 bits per heavy atom. The lowest BCUT2D eigenvalue weighted by Crippen LogP contribution is -1.92. The maximum atomic E-state index is 2.44. The molecule has 0 bridgehead atoms. The van der Waals surface area contributed by atoms with E-state index < -0.39 is 0 Å². The minimum atomic E-state index is 1.30. The van der Waals surface area contributed by atoms with E-state index in [1.807, 2.05) is 0 Å². The fraction of sp³-hybridized carbons (Fsp3) is 0. The number of hydrogen-bond acceptors (Lipinski definition) is 0. The normalized spacial score (nSPS) is 12.4. The standard InChI is InChI=1S/C36H20/c1-5-13-26-23(11-1)20-31-33-27-14-6-2-9-21(27)17-25-18-22-10-3-7-15-28(22)35(32(25)33)36-29-16-8-4-12-24(29)19-30(26)34(31)36/h1-20H. The van der Waals surface area contributed by atoms with Gasteiger partial charge in [0.05, 0.1) is 0 Å². The van der Waals surface area contributed by atoms with Crippen LogP contribution in [0.5, 0.6) is 0 Å². The third kappa shape index (κ3) is 2.20. The molecule has 0 saturated carbocycles. The van der Waals surface area contributed by atoms with Crippen molar-refractivity contribution in [2.24, 2.45) is 0 Å². The summed E-state index contributed by atoms with van der Waals surface area (Å²) in [5, 5.41) is 21.4. The fourth-order valence-electron chi connectivity index (χ4n) is 6.84. The van der Waals surface area contributed by atoms with Crippen LogP contribution >= 0.6 is 0 Å². The molecule has 0 nitrogen and oxygen atoms in total. The molecule has 0 heterocycles. The van der Waals surface area contributed by atoms with Crippen molar-refractivity contribution in [2.75, 3.05) is 0 Å². The molecule has 0 radical (unpaired) electrons. The molecule has 0 saturated heterocycles. The molecule has 0 atom stereocenters. The summed E-state index contributed by atoms with van der Waals surface area (Å²) < 4.78 is 0. The van der Waals surface area contributed by atoms with Gasteiger partial charge in [0.1, 0.15) is 0 Å². The van der Waals surface area contributed by atoms with Crippen molar-refractivity contribution >= 4 is 86.2 Å². The van der Waals surface area contributed by atoms with Gasteiger partial charge in [-0.2, -0.15) is 0 Å². The third-order valence-corrected chi connectivity index (χ3v) is 8.26. The first-order valence-corrected chi connectivity index (χ1v) is 12.6. The molecule has 0 spiro atoms. The summed E-state index contributed by atoms with van der Waals surface area (Å²) in [6, 6.07) is 45.2. The van der Waals surface area contributed by atoms with Crippen LogP contribution in [0.15, 0.2) is 121 Å². The lowest BCUT2D eigenvalue weighted by atomic mass is 9.82. The molecule has 0 heteroatoms. The summed E-state index contributed by atoms with van der Waals surface area (Å²) in [4.78, 5) is 0. The van der Waals surface area contributed by atoms with Crippen molar-refractivity contribution < 1.29 is 0 Å². The van der Waals surface area contributed by atoms with E-state index in [0.29, 0.717) is 0 Å². The van der Waals surface area contributed by atoms with Crippen LogP contribution in [0.3, 0.4) is 0 Å². The summed E-state index contributed by atoms with van der Waals surface area (Å²) in [6.07, 6.45) is 0. The molecule has 9 aromatic rings. The monoisotopic (exact) mass is 452 g/mol. The Hall–Kier alpha value is -4.68. The Balaban J connectivity index is 1.80. The van der Waals surface area contributed by atoms with E-state index in [1.165, 1.54) is 86.2 Å². The molecular weight excluding hydrogens is 432 g/mol. The van der Waals surface area contributed by atoms with Crippen molar-refractivity contribution in [3.8, 4) is 0 Å². The van der Waals surface area contributed by atoms with Gasteiger partial charge in [-0.25, -0.2) is 0 Å². The van der Waals surface area contributed by atoms with Gasteiger partial charge in [-0.05, 0) is 110 Å². The molecule has 9 rings (SSSR count). The van der Waals surface area contributed by atoms with Crippen molar-refractivity contribution in [1.29, 1.82) is 0 Å². The van der Waals surface area contributed by atoms with Gasteiger partial charge in [-0.15, -0.1) is 0 Å². The van der Waals surface area contributed by atoms with E-state index in [0.717, 1.165) is 0 Å². The second kappa shape index (κ2) is 6.50. The summed E-state index contributed by atoms with van der Waals surface area (Å²) in [6.45, 7) is 0. The zero-order valence-electron chi connectivity index (χ0n) is 19.5. The Kier molecular flexibility index (Phi) is 3.36. The van der Waals surface area contributed by atoms with Gasteiger partial charge in [0.2, 0.25) is 0 Å². The van der Waals surface area contributed by atoms with E-state index in [1.54, 1.807) is 0 Å². The van der Waals surface area contributed by atoms with E-state index in [4.69, 9.17) is 0 Å². The lowest BCUT2D eigenvalue weighted by molar-refractivity contribution is 1.79. The first kappa shape index (κ1) is 18.6. The highest BCUT2D eigenvalue weighted by atomic mass is 14.2. The van der Waals surface area contributed by atoms with Crippen LogP contribution in [0.25, 0.3) is 86.2 Å². The molecule has 0 aliphatic rings. The molecule has 0 aliphatic carbocycles. The molecule has 164 valence electrons. The van der Waals surface area contributed by atoms with Crippen molar-refractivity contribution in [3.05, 3.63) is 121 Å². The van der Waals surface area contributed by atoms with Crippen LogP contribution in [-0.2, 0) is 0 Å². The maximum Gasteiger partial charge on any atom is -0.000762 e. The molecule has 9 aromatic carbocycles. The Labute approximate surface area is 207 Å². The highest BCUT2D eigenvalue weighted by Crippen LogP contribution is 2.49. The molecular formula is C36H20. The van der Waals surface area contributed by atoms with Crippen LogP contribution in [0.2, 0.25) is 0 Å². The number of fused-ring (bicyclic) bond motifs is 10. The van der Waals surface area contributed by atoms with Crippen LogP contribution in [0, 0.1) is 0 Å². The second-order valence-electron chi connectivity index (χ2n) is 10.1. The zero-order valence-corrected chi connectivity index (χ0v) is 19.5. The minimum Gasteiger partial charge on any atom is -0.0616 e. The molecule has 0 aromatic heterocycles. The molecule has 0 N–H and O–H groups in total. The summed E-state index contributed by atoms with van der Waals surface area (Å²) >= 11 is 0. The van der Waals surface area contributed by atoms with Gasteiger partial charge < -0.3 is 0 Å². The average Bonchev–Trinajstić information content (AvgIpc) is 2.93. The molecule has 36 heavy (non-hydrogen) atoms. The largest absolute Gasteiger partial charge is 0.0616 e. The SMILES string of the molecule is c1ccc2c(c1)cc1c3c4ccccc4cc4cc5ccccc5c(c43)c3c4ccccc4cc2c13. The summed E-state index contributed by atoms with van der Waals surface area (Å²) in [5.41, 5.74) is 0. The summed E-state index contributed by atoms with van der Waals surface area (Å²) in [7, 11) is 0. The smallest absolute Gasteiger partial charge is 0.000762 e. The van der Waals surface area contributed by atoms with E-state index in [-0.39, 0.29) is 0 Å². The minimum absolute atomic E-state index is 1.30. The number of hydrogen-bond donors (Lipinski definition) is 0. The quantitative estimate of drug-likeness (QED) is 0.159. The topological polar surface area (TPSA) is 0 Å². The third-order valence-electron chi connectivity index (χ3n) is 8.26. The predicted octanol–water partition coefficient (Wildman–Crippen LogP) is 10.3. The van der Waals surface area contributed by atoms with Gasteiger partial charge in [-0.1, -0.05) is 97.1 Å². The van der Waals surface area contributed by atoms with Crippen LogP contribution in [0.1, 0.15) is 0 Å². The average molecular weight is 453 g/mol. The fourth-order valence-corrected chi connectivity index (χ4v) is 6.84. The lowest BCUT2D eigenvalue weighted by Gasteiger charge is -2.21. The van der Waals surface area contributed by atoms with Gasteiger partial charge in [0.25, 0.3) is 0 Å². The van der Waals surface area contributed by atoms with Crippen molar-refractivity contribution in [1.82, 2.24) is 0 Å². The Morgan fingerprint density at radius 1 is 0.222 bits per heavy atom. The van der Waals surface area contributed by atoms with Crippen LogP contribution in [-0.4, -0.2) is 0 Å². The van der Waals surface area contributed by atoms with Crippen molar-refractivity contribution in [2.45, 2.75) is 0 Å². The van der Waals surface area contributed by atoms with Crippen LogP contribution in [0.4, 0.5) is 0 Å². The highest BCUT2D eigenvalue weighted by Gasteiger charge is 2.20.